The van der Waals surface area contributed by atoms with Gasteiger partial charge in [-0.05, 0) is 12.1 Å². The maximum Gasteiger partial charge on any atom is 0.345 e. The summed E-state index contributed by atoms with van der Waals surface area (Å²) in [6, 6.07) is 3.60. The van der Waals surface area contributed by atoms with Gasteiger partial charge in [0.1, 0.15) is 0 Å². The van der Waals surface area contributed by atoms with Gasteiger partial charge < -0.3 is 14.6 Å². The van der Waals surface area contributed by atoms with Crippen molar-refractivity contribution in [1.82, 2.24) is 0 Å². The summed E-state index contributed by atoms with van der Waals surface area (Å²) in [6.45, 7) is 0. The van der Waals surface area contributed by atoms with Gasteiger partial charge in [0.05, 0.1) is 7.11 Å². The molecule has 1 unspecified atom stereocenters. The van der Waals surface area contributed by atoms with Gasteiger partial charge >= 0.3 is 5.97 Å². The topological polar surface area (TPSA) is 55.8 Å². The predicted octanol–water partition coefficient (Wildman–Crippen LogP) is 1.85. The first-order chi connectivity index (χ1) is 7.11. The highest BCUT2D eigenvalue weighted by Gasteiger charge is 2.31. The quantitative estimate of drug-likeness (QED) is 0.893. The number of carboxylic acids is 1. The fourth-order valence-electron chi connectivity index (χ4n) is 1.58. The lowest BCUT2D eigenvalue weighted by atomic mass is 10.1. The van der Waals surface area contributed by atoms with Gasteiger partial charge in [0.15, 0.2) is 17.6 Å². The second-order valence-corrected chi connectivity index (χ2v) is 4.16. The Bertz CT molecular complexity index is 416. The van der Waals surface area contributed by atoms with Gasteiger partial charge in [0.25, 0.3) is 0 Å². The van der Waals surface area contributed by atoms with Crippen LogP contribution < -0.4 is 9.47 Å². The molecule has 1 aromatic rings. The molecular weight excluding hydrogens is 264 g/mol. The molecule has 1 aliphatic rings. The molecule has 1 heterocycles. The highest BCUT2D eigenvalue weighted by molar-refractivity contribution is 9.10. The molecule has 0 aliphatic carbocycles. The van der Waals surface area contributed by atoms with Crippen LogP contribution in [0.25, 0.3) is 0 Å². The minimum atomic E-state index is -0.954. The van der Waals surface area contributed by atoms with Crippen molar-refractivity contribution in [2.45, 2.75) is 12.5 Å². The Morgan fingerprint density at radius 3 is 3.00 bits per heavy atom. The van der Waals surface area contributed by atoms with Crippen LogP contribution in [-0.4, -0.2) is 24.3 Å². The van der Waals surface area contributed by atoms with Gasteiger partial charge in [-0.3, -0.25) is 0 Å². The van der Waals surface area contributed by atoms with E-state index in [1.807, 2.05) is 6.07 Å². The largest absolute Gasteiger partial charge is 0.493 e. The Hall–Kier alpha value is -1.23. The van der Waals surface area contributed by atoms with Crippen LogP contribution in [0.15, 0.2) is 16.6 Å². The standard InChI is InChI=1S/C10H9BrO4/c1-14-7-4-6(11)2-5-3-8(10(12)13)15-9(5)7/h2,4,8H,3H2,1H3,(H,12,13). The minimum absolute atomic E-state index is 0.375. The third-order valence-corrected chi connectivity index (χ3v) is 2.72. The van der Waals surface area contributed by atoms with Crippen LogP contribution in [0.4, 0.5) is 0 Å². The molecule has 1 atom stereocenters. The van der Waals surface area contributed by atoms with Gasteiger partial charge in [-0.15, -0.1) is 0 Å². The predicted molar refractivity (Wildman–Crippen MR) is 56.4 cm³/mol. The van der Waals surface area contributed by atoms with E-state index in [-0.39, 0.29) is 0 Å². The highest BCUT2D eigenvalue weighted by Crippen LogP contribution is 2.40. The third kappa shape index (κ3) is 1.79. The summed E-state index contributed by atoms with van der Waals surface area (Å²) >= 11 is 3.33. The Morgan fingerprint density at radius 2 is 2.40 bits per heavy atom. The zero-order chi connectivity index (χ0) is 11.0. The maximum absolute atomic E-state index is 10.8. The molecule has 15 heavy (non-hydrogen) atoms. The number of methoxy groups -OCH3 is 1. The van der Waals surface area contributed by atoms with Crippen LogP contribution in [0.5, 0.6) is 11.5 Å². The lowest BCUT2D eigenvalue weighted by molar-refractivity contribution is -0.144. The van der Waals surface area contributed by atoms with E-state index in [0.29, 0.717) is 17.9 Å². The second kappa shape index (κ2) is 3.73. The normalized spacial score (nSPS) is 18.1. The number of benzene rings is 1. The number of carboxylic acid groups (broad SMARTS) is 1. The molecule has 0 bridgehead atoms. The van der Waals surface area contributed by atoms with Crippen molar-refractivity contribution in [3.05, 3.63) is 22.2 Å². The maximum atomic E-state index is 10.8. The van der Waals surface area contributed by atoms with E-state index < -0.39 is 12.1 Å². The van der Waals surface area contributed by atoms with E-state index in [1.165, 1.54) is 7.11 Å². The van der Waals surface area contributed by atoms with Crippen molar-refractivity contribution in [3.8, 4) is 11.5 Å². The van der Waals surface area contributed by atoms with Gasteiger partial charge in [0, 0.05) is 16.5 Å². The van der Waals surface area contributed by atoms with Gasteiger partial charge in [-0.1, -0.05) is 15.9 Å². The Morgan fingerprint density at radius 1 is 1.67 bits per heavy atom. The number of ether oxygens (including phenoxy) is 2. The molecule has 0 aromatic heterocycles. The third-order valence-electron chi connectivity index (χ3n) is 2.26. The molecule has 4 nitrogen and oxygen atoms in total. The monoisotopic (exact) mass is 272 g/mol. The first-order valence-electron chi connectivity index (χ1n) is 4.37. The molecule has 1 N–H and O–H groups in total. The number of aliphatic carboxylic acids is 1. The number of rotatable bonds is 2. The molecular formula is C10H9BrO4. The summed E-state index contributed by atoms with van der Waals surface area (Å²) in [5, 5.41) is 8.84. The molecule has 0 saturated heterocycles. The molecule has 2 rings (SSSR count). The molecule has 1 aliphatic heterocycles. The van der Waals surface area contributed by atoms with Crippen molar-refractivity contribution in [1.29, 1.82) is 0 Å². The van der Waals surface area contributed by atoms with E-state index >= 15 is 0 Å². The molecule has 0 amide bonds. The summed E-state index contributed by atoms with van der Waals surface area (Å²) in [5.41, 5.74) is 0.855. The molecule has 0 saturated carbocycles. The fourth-order valence-corrected chi connectivity index (χ4v) is 2.07. The van der Waals surface area contributed by atoms with E-state index in [1.54, 1.807) is 6.07 Å². The Kier molecular flexibility index (Phi) is 2.56. The number of halogens is 1. The van der Waals surface area contributed by atoms with E-state index in [0.717, 1.165) is 10.0 Å². The number of fused-ring (bicyclic) bond motifs is 1. The lowest BCUT2D eigenvalue weighted by Crippen LogP contribution is -2.24. The molecule has 0 fully saturated rings. The first kappa shape index (κ1) is 10.3. The van der Waals surface area contributed by atoms with Gasteiger partial charge in [0.2, 0.25) is 0 Å². The molecule has 1 aromatic carbocycles. The van der Waals surface area contributed by atoms with Crippen molar-refractivity contribution >= 4 is 21.9 Å². The van der Waals surface area contributed by atoms with Crippen LogP contribution in [0.2, 0.25) is 0 Å². The zero-order valence-electron chi connectivity index (χ0n) is 7.99. The van der Waals surface area contributed by atoms with Crippen LogP contribution in [0, 0.1) is 0 Å². The smallest absolute Gasteiger partial charge is 0.345 e. The van der Waals surface area contributed by atoms with E-state index in [2.05, 4.69) is 15.9 Å². The molecule has 0 spiro atoms. The summed E-state index contributed by atoms with van der Waals surface area (Å²) in [6.07, 6.45) is -0.427. The van der Waals surface area contributed by atoms with E-state index in [9.17, 15) is 4.79 Å². The Balaban J connectivity index is 2.40. The average molecular weight is 273 g/mol. The van der Waals surface area contributed by atoms with Gasteiger partial charge in [-0.2, -0.15) is 0 Å². The first-order valence-corrected chi connectivity index (χ1v) is 5.17. The number of hydrogen-bond donors (Lipinski definition) is 1. The SMILES string of the molecule is COc1cc(Br)cc2c1OC(C(=O)O)C2. The Labute approximate surface area is 94.9 Å². The summed E-state index contributed by atoms with van der Waals surface area (Å²) in [5.74, 6) is 0.139. The summed E-state index contributed by atoms with van der Waals surface area (Å²) < 4.78 is 11.3. The summed E-state index contributed by atoms with van der Waals surface area (Å²) in [7, 11) is 1.53. The lowest BCUT2D eigenvalue weighted by Gasteiger charge is -2.08. The molecule has 80 valence electrons. The average Bonchev–Trinajstić information content (AvgIpc) is 2.59. The minimum Gasteiger partial charge on any atom is -0.493 e. The van der Waals surface area contributed by atoms with Crippen molar-refractivity contribution < 1.29 is 19.4 Å². The number of carbonyl (C=O) groups is 1. The van der Waals surface area contributed by atoms with Crippen molar-refractivity contribution in [3.63, 3.8) is 0 Å². The van der Waals surface area contributed by atoms with Crippen molar-refractivity contribution in [2.75, 3.05) is 7.11 Å². The number of hydrogen-bond acceptors (Lipinski definition) is 3. The second-order valence-electron chi connectivity index (χ2n) is 3.25. The van der Waals surface area contributed by atoms with Gasteiger partial charge in [-0.25, -0.2) is 4.79 Å². The van der Waals surface area contributed by atoms with Crippen LogP contribution >= 0.6 is 15.9 Å². The molecule has 0 radical (unpaired) electrons. The zero-order valence-corrected chi connectivity index (χ0v) is 9.58. The van der Waals surface area contributed by atoms with E-state index in [4.69, 9.17) is 14.6 Å². The fraction of sp³-hybridized carbons (Fsp3) is 0.300. The van der Waals surface area contributed by atoms with Crippen molar-refractivity contribution in [2.24, 2.45) is 0 Å². The van der Waals surface area contributed by atoms with Crippen LogP contribution in [-0.2, 0) is 11.2 Å². The van der Waals surface area contributed by atoms with Crippen LogP contribution in [0.3, 0.4) is 0 Å². The van der Waals surface area contributed by atoms with Crippen LogP contribution in [0.1, 0.15) is 5.56 Å². The highest BCUT2D eigenvalue weighted by atomic mass is 79.9. The summed E-state index contributed by atoms with van der Waals surface area (Å²) in [4.78, 5) is 10.8. The molecule has 5 heteroatoms.